The lowest BCUT2D eigenvalue weighted by atomic mass is 9.91. The molecule has 2 aromatic rings. The third kappa shape index (κ3) is 3.08. The Morgan fingerprint density at radius 2 is 1.79 bits per heavy atom. The predicted octanol–water partition coefficient (Wildman–Crippen LogP) is 4.23. The van der Waals surface area contributed by atoms with Crippen LogP contribution < -0.4 is 5.32 Å². The summed E-state index contributed by atoms with van der Waals surface area (Å²) in [5, 5.41) is 3.34. The minimum Gasteiger partial charge on any atom is -0.463 e. The maximum Gasteiger partial charge on any atom is 0.271 e. The quantitative estimate of drug-likeness (QED) is 0.788. The summed E-state index contributed by atoms with van der Waals surface area (Å²) in [5.41, 5.74) is 1.38. The van der Waals surface area contributed by atoms with E-state index in [0.29, 0.717) is 17.8 Å². The average Bonchev–Trinajstić information content (AvgIpc) is 3.39. The highest BCUT2D eigenvalue weighted by atomic mass is 16.3. The fourth-order valence-electron chi connectivity index (χ4n) is 5.73. The predicted molar refractivity (Wildman–Crippen MR) is 111 cm³/mol. The number of nitrogens with zero attached hydrogens (tertiary/aromatic N) is 2. The van der Waals surface area contributed by atoms with E-state index in [2.05, 4.69) is 5.32 Å². The maximum atomic E-state index is 13.7. The number of fused-ring (bicyclic) bond motifs is 3. The first-order chi connectivity index (χ1) is 14.1. The average molecular weight is 398 g/mol. The number of hydrogen-bond acceptors (Lipinski definition) is 3. The molecular formula is C23H31N3O3. The van der Waals surface area contributed by atoms with Gasteiger partial charge in [0, 0.05) is 24.2 Å². The number of carbonyl (C=O) groups excluding carboxylic acids is 2. The van der Waals surface area contributed by atoms with Crippen molar-refractivity contribution in [2.24, 2.45) is 0 Å². The van der Waals surface area contributed by atoms with Crippen LogP contribution in [0.25, 0.3) is 11.1 Å². The van der Waals surface area contributed by atoms with E-state index in [0.717, 1.165) is 44.0 Å². The first-order valence-electron chi connectivity index (χ1n) is 11.3. The summed E-state index contributed by atoms with van der Waals surface area (Å²) in [4.78, 5) is 29.2. The van der Waals surface area contributed by atoms with Crippen molar-refractivity contribution in [2.75, 3.05) is 0 Å². The topological polar surface area (TPSA) is 67.5 Å². The van der Waals surface area contributed by atoms with Crippen LogP contribution in [0.2, 0.25) is 0 Å². The number of amides is 2. The molecule has 6 nitrogen and oxygen atoms in total. The number of furan rings is 1. The van der Waals surface area contributed by atoms with Crippen molar-refractivity contribution >= 4 is 22.9 Å². The van der Waals surface area contributed by atoms with Crippen molar-refractivity contribution in [3.63, 3.8) is 0 Å². The van der Waals surface area contributed by atoms with Gasteiger partial charge in [0.2, 0.25) is 5.91 Å². The lowest BCUT2D eigenvalue weighted by molar-refractivity contribution is -0.135. The van der Waals surface area contributed by atoms with Gasteiger partial charge in [-0.15, -0.1) is 0 Å². The van der Waals surface area contributed by atoms with Crippen LogP contribution in [0.3, 0.4) is 0 Å². The van der Waals surface area contributed by atoms with E-state index in [9.17, 15) is 9.59 Å². The molecule has 2 fully saturated rings. The molecule has 1 atom stereocenters. The molecule has 3 aliphatic rings. The van der Waals surface area contributed by atoms with Gasteiger partial charge < -0.3 is 19.2 Å². The lowest BCUT2D eigenvalue weighted by Crippen LogP contribution is -2.67. The van der Waals surface area contributed by atoms with Gasteiger partial charge in [0.25, 0.3) is 5.91 Å². The Morgan fingerprint density at radius 3 is 2.52 bits per heavy atom. The van der Waals surface area contributed by atoms with Crippen LogP contribution in [0.15, 0.2) is 22.8 Å². The van der Waals surface area contributed by atoms with Crippen molar-refractivity contribution in [3.8, 4) is 0 Å². The van der Waals surface area contributed by atoms with Gasteiger partial charge in [0.15, 0.2) is 5.58 Å². The molecule has 156 valence electrons. The van der Waals surface area contributed by atoms with Crippen LogP contribution in [-0.2, 0) is 11.3 Å². The Labute approximate surface area is 171 Å². The fraction of sp³-hybridized carbons (Fsp3) is 0.652. The smallest absolute Gasteiger partial charge is 0.271 e. The van der Waals surface area contributed by atoms with Gasteiger partial charge in [-0.25, -0.2) is 0 Å². The maximum absolute atomic E-state index is 13.7. The summed E-state index contributed by atoms with van der Waals surface area (Å²) >= 11 is 0. The first kappa shape index (κ1) is 18.8. The van der Waals surface area contributed by atoms with Gasteiger partial charge in [-0.1, -0.05) is 38.5 Å². The monoisotopic (exact) mass is 397 g/mol. The number of aromatic nitrogens is 1. The summed E-state index contributed by atoms with van der Waals surface area (Å²) in [6.07, 6.45) is 12.8. The molecule has 1 unspecified atom stereocenters. The normalized spacial score (nSPS) is 26.7. The highest BCUT2D eigenvalue weighted by Gasteiger charge is 2.51. The van der Waals surface area contributed by atoms with Crippen LogP contribution in [0.4, 0.5) is 0 Å². The summed E-state index contributed by atoms with van der Waals surface area (Å²) < 4.78 is 7.54. The zero-order valence-electron chi connectivity index (χ0n) is 17.3. The second kappa shape index (κ2) is 7.22. The lowest BCUT2D eigenvalue weighted by Gasteiger charge is -2.47. The van der Waals surface area contributed by atoms with Crippen molar-refractivity contribution in [2.45, 2.75) is 95.3 Å². The van der Waals surface area contributed by atoms with E-state index in [-0.39, 0.29) is 23.9 Å². The second-order valence-electron chi connectivity index (χ2n) is 9.34. The van der Waals surface area contributed by atoms with Crippen LogP contribution in [0, 0.1) is 0 Å². The molecule has 0 saturated heterocycles. The Kier molecular flexibility index (Phi) is 4.67. The third-order valence-electron chi connectivity index (χ3n) is 7.33. The first-order valence-corrected chi connectivity index (χ1v) is 11.3. The standard InChI is InChI=1S/C23H31N3O3/c1-23(22(28)24-16-8-4-2-3-5-9-16)15-25-18-12-13-29-20(18)14-19(25)21(27)26(23)17-10-6-7-11-17/h12-14,16-17H,2-11,15H2,1H3,(H,24,28). The van der Waals surface area contributed by atoms with Crippen LogP contribution >= 0.6 is 0 Å². The molecule has 0 radical (unpaired) electrons. The summed E-state index contributed by atoms with van der Waals surface area (Å²) in [5.74, 6) is -0.0336. The number of nitrogens with one attached hydrogen (secondary N) is 1. The van der Waals surface area contributed by atoms with Gasteiger partial charge in [0.1, 0.15) is 11.2 Å². The van der Waals surface area contributed by atoms with Gasteiger partial charge >= 0.3 is 0 Å². The molecule has 1 N–H and O–H groups in total. The molecule has 1 aliphatic heterocycles. The molecule has 2 amide bonds. The molecule has 3 heterocycles. The van der Waals surface area contributed by atoms with E-state index in [1.54, 1.807) is 6.26 Å². The number of carbonyl (C=O) groups is 2. The molecule has 5 rings (SSSR count). The molecule has 2 aromatic heterocycles. The van der Waals surface area contributed by atoms with Crippen molar-refractivity contribution in [1.29, 1.82) is 0 Å². The molecular weight excluding hydrogens is 366 g/mol. The minimum absolute atomic E-state index is 0.000597. The third-order valence-corrected chi connectivity index (χ3v) is 7.33. The van der Waals surface area contributed by atoms with Crippen LogP contribution in [0.5, 0.6) is 0 Å². The van der Waals surface area contributed by atoms with Gasteiger partial charge in [0.05, 0.1) is 18.3 Å². The van der Waals surface area contributed by atoms with Crippen molar-refractivity contribution in [1.82, 2.24) is 14.8 Å². The molecule has 0 spiro atoms. The van der Waals surface area contributed by atoms with Crippen LogP contribution in [-0.4, -0.2) is 38.9 Å². The summed E-state index contributed by atoms with van der Waals surface area (Å²) in [7, 11) is 0. The molecule has 2 saturated carbocycles. The Balaban J connectivity index is 1.51. The van der Waals surface area contributed by atoms with E-state index in [4.69, 9.17) is 4.42 Å². The van der Waals surface area contributed by atoms with Crippen LogP contribution in [0.1, 0.15) is 81.6 Å². The summed E-state index contributed by atoms with van der Waals surface area (Å²) in [6, 6.07) is 4.09. The fourth-order valence-corrected chi connectivity index (χ4v) is 5.73. The molecule has 29 heavy (non-hydrogen) atoms. The Morgan fingerprint density at radius 1 is 1.10 bits per heavy atom. The van der Waals surface area contributed by atoms with Crippen molar-refractivity contribution < 1.29 is 14.0 Å². The van der Waals surface area contributed by atoms with E-state index in [1.807, 2.05) is 28.5 Å². The number of rotatable bonds is 3. The zero-order valence-corrected chi connectivity index (χ0v) is 17.3. The molecule has 2 aliphatic carbocycles. The number of hydrogen-bond donors (Lipinski definition) is 1. The molecule has 0 bridgehead atoms. The minimum atomic E-state index is -0.880. The van der Waals surface area contributed by atoms with E-state index < -0.39 is 5.54 Å². The summed E-state index contributed by atoms with van der Waals surface area (Å²) in [6.45, 7) is 2.44. The van der Waals surface area contributed by atoms with Crippen molar-refractivity contribution in [3.05, 3.63) is 24.1 Å². The van der Waals surface area contributed by atoms with Gasteiger partial charge in [-0.3, -0.25) is 9.59 Å². The van der Waals surface area contributed by atoms with E-state index >= 15 is 0 Å². The highest BCUT2D eigenvalue weighted by Crippen LogP contribution is 2.38. The van der Waals surface area contributed by atoms with Gasteiger partial charge in [-0.05, 0) is 32.6 Å². The second-order valence-corrected chi connectivity index (χ2v) is 9.34. The zero-order chi connectivity index (χ0) is 20.0. The molecule has 0 aromatic carbocycles. The highest BCUT2D eigenvalue weighted by molar-refractivity contribution is 6.03. The largest absolute Gasteiger partial charge is 0.463 e. The SMILES string of the molecule is CC1(C(=O)NC2CCCCCC2)Cn2c(cc3occc32)C(=O)N1C1CCCC1. The van der Waals surface area contributed by atoms with E-state index in [1.165, 1.54) is 25.7 Å². The Bertz CT molecular complexity index is 915. The Hall–Kier alpha value is -2.24. The van der Waals surface area contributed by atoms with Gasteiger partial charge in [-0.2, -0.15) is 0 Å². The molecule has 6 heteroatoms.